The second kappa shape index (κ2) is 8.84. The summed E-state index contributed by atoms with van der Waals surface area (Å²) in [5.41, 5.74) is 3.60. The first-order valence-corrected chi connectivity index (χ1v) is 11.8. The number of fused-ring (bicyclic) bond motifs is 2. The lowest BCUT2D eigenvalue weighted by Crippen LogP contribution is -2.40. The Hall–Kier alpha value is -3.42. The van der Waals surface area contributed by atoms with Crippen molar-refractivity contribution < 1.29 is 9.59 Å². The van der Waals surface area contributed by atoms with E-state index >= 15 is 0 Å². The maximum Gasteiger partial charge on any atom is 0.277 e. The van der Waals surface area contributed by atoms with E-state index in [0.717, 1.165) is 36.2 Å². The highest BCUT2D eigenvalue weighted by molar-refractivity contribution is 5.79. The van der Waals surface area contributed by atoms with E-state index in [1.165, 1.54) is 4.52 Å². The van der Waals surface area contributed by atoms with Crippen LogP contribution in [0.5, 0.6) is 0 Å². The predicted molar refractivity (Wildman–Crippen MR) is 124 cm³/mol. The number of aromatic amines is 1. The Morgan fingerprint density at radius 1 is 1.12 bits per heavy atom. The molecule has 2 aliphatic heterocycles. The lowest BCUT2D eigenvalue weighted by Gasteiger charge is -2.35. The van der Waals surface area contributed by atoms with Crippen LogP contribution < -0.4 is 5.56 Å². The van der Waals surface area contributed by atoms with E-state index in [2.05, 4.69) is 5.10 Å². The predicted octanol–water partition coefficient (Wildman–Crippen LogP) is 2.61. The molecule has 1 fully saturated rings. The van der Waals surface area contributed by atoms with Gasteiger partial charge >= 0.3 is 0 Å². The minimum Gasteiger partial charge on any atom is -0.338 e. The van der Waals surface area contributed by atoms with Crippen molar-refractivity contribution in [3.8, 4) is 0 Å². The summed E-state index contributed by atoms with van der Waals surface area (Å²) >= 11 is 0. The Balaban J connectivity index is 1.45. The molecule has 172 valence electrons. The molecule has 1 N–H and O–H groups in total. The molecule has 33 heavy (non-hydrogen) atoms. The van der Waals surface area contributed by atoms with E-state index in [4.69, 9.17) is 4.98 Å². The first-order valence-electron chi connectivity index (χ1n) is 11.8. The van der Waals surface area contributed by atoms with Crippen LogP contribution in [0.3, 0.4) is 0 Å². The number of piperidine rings is 1. The molecular formula is C25H29N5O3. The average molecular weight is 448 g/mol. The van der Waals surface area contributed by atoms with Crippen LogP contribution in [0.15, 0.2) is 41.2 Å². The van der Waals surface area contributed by atoms with E-state index in [-0.39, 0.29) is 23.4 Å². The second-order valence-corrected chi connectivity index (χ2v) is 8.93. The van der Waals surface area contributed by atoms with Gasteiger partial charge in [-0.25, -0.2) is 9.50 Å². The number of carbonyl (C=O) groups excluding carboxylic acids is 2. The van der Waals surface area contributed by atoms with Crippen molar-refractivity contribution in [3.63, 3.8) is 0 Å². The quantitative estimate of drug-likeness (QED) is 0.666. The van der Waals surface area contributed by atoms with Crippen LogP contribution >= 0.6 is 0 Å². The van der Waals surface area contributed by atoms with Gasteiger partial charge in [-0.15, -0.1) is 0 Å². The third kappa shape index (κ3) is 4.05. The number of hydrogen-bond donors (Lipinski definition) is 1. The molecule has 8 nitrogen and oxygen atoms in total. The number of benzene rings is 1. The van der Waals surface area contributed by atoms with Crippen LogP contribution in [0.1, 0.15) is 61.2 Å². The molecule has 1 aromatic carbocycles. The summed E-state index contributed by atoms with van der Waals surface area (Å²) in [7, 11) is 0. The van der Waals surface area contributed by atoms with Gasteiger partial charge in [0.25, 0.3) is 5.56 Å². The summed E-state index contributed by atoms with van der Waals surface area (Å²) in [6.07, 6.45) is 4.23. The third-order valence-electron chi connectivity index (χ3n) is 6.82. The van der Waals surface area contributed by atoms with Crippen molar-refractivity contribution in [1.29, 1.82) is 0 Å². The largest absolute Gasteiger partial charge is 0.338 e. The Morgan fingerprint density at radius 3 is 2.73 bits per heavy atom. The average Bonchev–Trinajstić information content (AvgIpc) is 3.28. The Kier molecular flexibility index (Phi) is 5.74. The molecule has 0 radical (unpaired) electrons. The van der Waals surface area contributed by atoms with Gasteiger partial charge in [-0.2, -0.15) is 0 Å². The van der Waals surface area contributed by atoms with Gasteiger partial charge < -0.3 is 9.80 Å². The molecule has 0 saturated carbocycles. The van der Waals surface area contributed by atoms with Gasteiger partial charge in [-0.1, -0.05) is 37.3 Å². The van der Waals surface area contributed by atoms with Gasteiger partial charge in [-0.05, 0) is 24.8 Å². The van der Waals surface area contributed by atoms with E-state index in [1.54, 1.807) is 4.90 Å². The highest BCUT2D eigenvalue weighted by Crippen LogP contribution is 2.31. The number of rotatable bonds is 4. The van der Waals surface area contributed by atoms with Gasteiger partial charge in [0, 0.05) is 32.0 Å². The zero-order chi connectivity index (χ0) is 22.9. The summed E-state index contributed by atoms with van der Waals surface area (Å²) in [6, 6.07) is 11.6. The van der Waals surface area contributed by atoms with Crippen molar-refractivity contribution in [2.24, 2.45) is 0 Å². The number of aromatic nitrogens is 3. The van der Waals surface area contributed by atoms with Crippen LogP contribution in [0.4, 0.5) is 0 Å². The number of carbonyl (C=O) groups is 2. The van der Waals surface area contributed by atoms with Crippen molar-refractivity contribution in [3.05, 3.63) is 69.3 Å². The smallest absolute Gasteiger partial charge is 0.277 e. The molecule has 0 unspecified atom stereocenters. The Bertz CT molecular complexity index is 1250. The number of nitrogens with zero attached hydrogens (tertiary/aromatic N) is 4. The molecule has 1 saturated heterocycles. The zero-order valence-corrected chi connectivity index (χ0v) is 18.9. The topological polar surface area (TPSA) is 90.8 Å². The second-order valence-electron chi connectivity index (χ2n) is 8.93. The zero-order valence-electron chi connectivity index (χ0n) is 18.9. The number of likely N-dealkylation sites (tertiary alicyclic amines) is 1. The highest BCUT2D eigenvalue weighted by Gasteiger charge is 2.30. The summed E-state index contributed by atoms with van der Waals surface area (Å²) in [5.74, 6) is 0.143. The maximum absolute atomic E-state index is 13.3. The van der Waals surface area contributed by atoms with E-state index in [0.29, 0.717) is 50.1 Å². The van der Waals surface area contributed by atoms with Crippen molar-refractivity contribution >= 4 is 17.5 Å². The SMILES string of the molecule is CCC(=O)N1CCc2nc3cc([C@@H]4CCCCN4C(=O)Cc4ccccc4)[nH]n3c(=O)c2C1. The summed E-state index contributed by atoms with van der Waals surface area (Å²) in [4.78, 5) is 47.0. The number of nitrogens with one attached hydrogen (secondary N) is 1. The molecule has 5 rings (SSSR count). The van der Waals surface area contributed by atoms with Crippen LogP contribution in [-0.2, 0) is 29.0 Å². The lowest BCUT2D eigenvalue weighted by atomic mass is 9.98. The van der Waals surface area contributed by atoms with Gasteiger partial charge in [0.05, 0.1) is 36.0 Å². The van der Waals surface area contributed by atoms with Gasteiger partial charge in [0.2, 0.25) is 11.8 Å². The standard InChI is InChI=1S/C25H29N5O3/c1-2-23(31)28-13-11-19-18(16-28)25(33)30-22(26-19)15-20(27-30)21-10-6-7-12-29(21)24(32)14-17-8-4-3-5-9-17/h3-5,8-9,15,21,27H,2,6-7,10-14,16H2,1H3/t21-/m0/s1. The normalized spacial score (nSPS) is 18.4. The monoisotopic (exact) mass is 447 g/mol. The molecule has 2 amide bonds. The molecular weight excluding hydrogens is 418 g/mol. The van der Waals surface area contributed by atoms with Crippen LogP contribution in [0.25, 0.3) is 5.65 Å². The van der Waals surface area contributed by atoms with Gasteiger partial charge in [0.15, 0.2) is 5.65 Å². The molecule has 0 spiro atoms. The minimum absolute atomic E-state index is 0.0482. The first kappa shape index (κ1) is 21.4. The Morgan fingerprint density at radius 2 is 1.94 bits per heavy atom. The van der Waals surface area contributed by atoms with E-state index < -0.39 is 0 Å². The number of hydrogen-bond acceptors (Lipinski definition) is 4. The van der Waals surface area contributed by atoms with Gasteiger partial charge in [-0.3, -0.25) is 19.5 Å². The number of amides is 2. The maximum atomic E-state index is 13.3. The fourth-order valence-electron chi connectivity index (χ4n) is 5.03. The van der Waals surface area contributed by atoms with Crippen LogP contribution in [-0.4, -0.2) is 49.3 Å². The Labute approximate surface area is 192 Å². The van der Waals surface area contributed by atoms with Crippen molar-refractivity contribution in [2.45, 2.75) is 58.0 Å². The number of H-pyrrole nitrogens is 1. The minimum atomic E-state index is -0.159. The molecule has 0 aliphatic carbocycles. The lowest BCUT2D eigenvalue weighted by molar-refractivity contribution is -0.134. The molecule has 4 heterocycles. The van der Waals surface area contributed by atoms with Crippen LogP contribution in [0.2, 0.25) is 0 Å². The van der Waals surface area contributed by atoms with E-state index in [9.17, 15) is 14.4 Å². The van der Waals surface area contributed by atoms with Crippen LogP contribution in [0, 0.1) is 0 Å². The van der Waals surface area contributed by atoms with Crippen molar-refractivity contribution in [2.75, 3.05) is 13.1 Å². The first-order chi connectivity index (χ1) is 16.0. The molecule has 0 bridgehead atoms. The highest BCUT2D eigenvalue weighted by atomic mass is 16.2. The molecule has 3 aromatic rings. The summed E-state index contributed by atoms with van der Waals surface area (Å²) < 4.78 is 1.47. The molecule has 1 atom stereocenters. The van der Waals surface area contributed by atoms with Crippen molar-refractivity contribution in [1.82, 2.24) is 24.4 Å². The summed E-state index contributed by atoms with van der Waals surface area (Å²) in [5, 5.41) is 3.23. The fraction of sp³-hybridized carbons (Fsp3) is 0.440. The fourth-order valence-corrected chi connectivity index (χ4v) is 5.03. The third-order valence-corrected chi connectivity index (χ3v) is 6.82. The molecule has 8 heteroatoms. The molecule has 2 aliphatic rings. The van der Waals surface area contributed by atoms with E-state index in [1.807, 2.05) is 48.2 Å². The molecule has 2 aromatic heterocycles. The van der Waals surface area contributed by atoms with Gasteiger partial charge in [0.1, 0.15) is 0 Å². The summed E-state index contributed by atoms with van der Waals surface area (Å²) in [6.45, 7) is 3.43.